The Morgan fingerprint density at radius 2 is 2.13 bits per heavy atom. The van der Waals surface area contributed by atoms with Gasteiger partial charge in [-0.25, -0.2) is 9.48 Å². The molecule has 0 atom stereocenters. The molecular formula is C15H14N4O4. The second-order valence-electron chi connectivity index (χ2n) is 4.99. The molecule has 8 heteroatoms. The third kappa shape index (κ3) is 2.91. The van der Waals surface area contributed by atoms with Crippen molar-refractivity contribution in [3.8, 4) is 5.75 Å². The number of fused-ring (bicyclic) bond motifs is 1. The number of non-ortho nitro benzene ring substituents is 1. The maximum Gasteiger partial charge on any atom is 0.350 e. The maximum atomic E-state index is 12.1. The zero-order valence-corrected chi connectivity index (χ0v) is 12.4. The molecule has 2 aromatic heterocycles. The van der Waals surface area contributed by atoms with Gasteiger partial charge < -0.3 is 4.74 Å². The number of aromatic nitrogens is 3. The molecule has 0 aliphatic rings. The standard InChI is InChI=1S/C15H14N4O4/c1-11-5-6-12(19(21)22)10-13(11)23-9-8-18-15(20)17-7-3-2-4-14(17)16-18/h2-7,10H,8-9H2,1H3. The number of benzene rings is 1. The zero-order valence-electron chi connectivity index (χ0n) is 12.4. The van der Waals surface area contributed by atoms with E-state index in [9.17, 15) is 14.9 Å². The van der Waals surface area contributed by atoms with E-state index in [1.165, 1.54) is 21.2 Å². The van der Waals surface area contributed by atoms with Crippen molar-refractivity contribution >= 4 is 11.3 Å². The van der Waals surface area contributed by atoms with E-state index in [-0.39, 0.29) is 24.5 Å². The summed E-state index contributed by atoms with van der Waals surface area (Å²) in [6.07, 6.45) is 1.65. The number of rotatable bonds is 5. The van der Waals surface area contributed by atoms with E-state index in [2.05, 4.69) is 5.10 Å². The highest BCUT2D eigenvalue weighted by Gasteiger charge is 2.10. The molecule has 1 aromatic carbocycles. The van der Waals surface area contributed by atoms with Gasteiger partial charge in [0.05, 0.1) is 17.5 Å². The molecule has 0 N–H and O–H groups in total. The highest BCUT2D eigenvalue weighted by atomic mass is 16.6. The SMILES string of the molecule is Cc1ccc([N+](=O)[O-])cc1OCCn1nc2ccccn2c1=O. The quantitative estimate of drug-likeness (QED) is 0.529. The summed E-state index contributed by atoms with van der Waals surface area (Å²) in [4.78, 5) is 22.4. The second kappa shape index (κ2) is 5.91. The van der Waals surface area contributed by atoms with E-state index in [0.29, 0.717) is 11.4 Å². The van der Waals surface area contributed by atoms with Gasteiger partial charge in [0, 0.05) is 12.3 Å². The topological polar surface area (TPSA) is 91.7 Å². The van der Waals surface area contributed by atoms with E-state index < -0.39 is 4.92 Å². The van der Waals surface area contributed by atoms with Crippen molar-refractivity contribution in [1.29, 1.82) is 0 Å². The van der Waals surface area contributed by atoms with Crippen LogP contribution in [0.4, 0.5) is 5.69 Å². The number of nitro groups is 1. The first-order valence-corrected chi connectivity index (χ1v) is 6.98. The van der Waals surface area contributed by atoms with Crippen LogP contribution < -0.4 is 10.4 Å². The van der Waals surface area contributed by atoms with Gasteiger partial charge >= 0.3 is 5.69 Å². The number of aryl methyl sites for hydroxylation is 1. The average Bonchev–Trinajstić information content (AvgIpc) is 2.86. The molecule has 0 unspecified atom stereocenters. The monoisotopic (exact) mass is 314 g/mol. The van der Waals surface area contributed by atoms with Gasteiger partial charge in [-0.3, -0.25) is 14.5 Å². The summed E-state index contributed by atoms with van der Waals surface area (Å²) >= 11 is 0. The Balaban J connectivity index is 1.74. The zero-order chi connectivity index (χ0) is 16.4. The largest absolute Gasteiger partial charge is 0.491 e. The minimum atomic E-state index is -0.473. The number of nitro benzene ring substituents is 1. The first-order valence-electron chi connectivity index (χ1n) is 6.98. The summed E-state index contributed by atoms with van der Waals surface area (Å²) in [6, 6.07) is 9.73. The molecule has 0 spiro atoms. The summed E-state index contributed by atoms with van der Waals surface area (Å²) in [5.41, 5.74) is 1.07. The van der Waals surface area contributed by atoms with Crippen molar-refractivity contribution in [3.05, 3.63) is 68.8 Å². The van der Waals surface area contributed by atoms with Crippen LogP contribution in [0.3, 0.4) is 0 Å². The van der Waals surface area contributed by atoms with Crippen LogP contribution >= 0.6 is 0 Å². The summed E-state index contributed by atoms with van der Waals surface area (Å²) in [6.45, 7) is 2.24. The molecule has 118 valence electrons. The molecule has 0 saturated carbocycles. The molecule has 0 aliphatic carbocycles. The average molecular weight is 314 g/mol. The fourth-order valence-electron chi connectivity index (χ4n) is 2.21. The van der Waals surface area contributed by atoms with Crippen LogP contribution in [0.5, 0.6) is 5.75 Å². The third-order valence-electron chi connectivity index (χ3n) is 3.43. The van der Waals surface area contributed by atoms with Crippen molar-refractivity contribution in [1.82, 2.24) is 14.2 Å². The number of ether oxygens (including phenoxy) is 1. The highest BCUT2D eigenvalue weighted by Crippen LogP contribution is 2.23. The molecule has 0 bridgehead atoms. The fraction of sp³-hybridized carbons (Fsp3) is 0.200. The lowest BCUT2D eigenvalue weighted by atomic mass is 10.2. The summed E-state index contributed by atoms with van der Waals surface area (Å²) in [7, 11) is 0. The number of nitrogens with zero attached hydrogens (tertiary/aromatic N) is 4. The Bertz CT molecular complexity index is 929. The van der Waals surface area contributed by atoms with Crippen LogP contribution in [-0.2, 0) is 6.54 Å². The Hall–Kier alpha value is -3.16. The van der Waals surface area contributed by atoms with E-state index in [0.717, 1.165) is 5.56 Å². The summed E-state index contributed by atoms with van der Waals surface area (Å²) < 4.78 is 8.32. The van der Waals surface area contributed by atoms with Gasteiger partial charge in [0.15, 0.2) is 5.65 Å². The molecule has 3 aromatic rings. The van der Waals surface area contributed by atoms with E-state index in [1.807, 2.05) is 0 Å². The number of pyridine rings is 1. The van der Waals surface area contributed by atoms with Gasteiger partial charge in [-0.15, -0.1) is 5.10 Å². The van der Waals surface area contributed by atoms with Gasteiger partial charge in [0.1, 0.15) is 12.4 Å². The van der Waals surface area contributed by atoms with Gasteiger partial charge in [-0.2, -0.15) is 0 Å². The molecule has 3 rings (SSSR count). The van der Waals surface area contributed by atoms with Crippen molar-refractivity contribution < 1.29 is 9.66 Å². The minimum Gasteiger partial charge on any atom is -0.491 e. The lowest BCUT2D eigenvalue weighted by molar-refractivity contribution is -0.384. The van der Waals surface area contributed by atoms with Crippen molar-refractivity contribution in [2.75, 3.05) is 6.61 Å². The Morgan fingerprint density at radius 3 is 2.87 bits per heavy atom. The predicted molar refractivity (Wildman–Crippen MR) is 82.8 cm³/mol. The van der Waals surface area contributed by atoms with Gasteiger partial charge in [0.2, 0.25) is 0 Å². The molecule has 0 saturated heterocycles. The molecule has 0 radical (unpaired) electrons. The highest BCUT2D eigenvalue weighted by molar-refractivity contribution is 5.43. The smallest absolute Gasteiger partial charge is 0.350 e. The van der Waals surface area contributed by atoms with E-state index >= 15 is 0 Å². The summed E-state index contributed by atoms with van der Waals surface area (Å²) in [5, 5.41) is 15.0. The Morgan fingerprint density at radius 1 is 1.30 bits per heavy atom. The van der Waals surface area contributed by atoms with Gasteiger partial charge in [0.25, 0.3) is 5.69 Å². The first-order chi connectivity index (χ1) is 11.1. The molecule has 2 heterocycles. The molecule has 0 aliphatic heterocycles. The lowest BCUT2D eigenvalue weighted by Crippen LogP contribution is -2.24. The van der Waals surface area contributed by atoms with Crippen LogP contribution in [-0.4, -0.2) is 25.7 Å². The summed E-state index contributed by atoms with van der Waals surface area (Å²) in [5.74, 6) is 0.427. The molecule has 8 nitrogen and oxygen atoms in total. The van der Waals surface area contributed by atoms with Crippen molar-refractivity contribution in [2.24, 2.45) is 0 Å². The van der Waals surface area contributed by atoms with Crippen LogP contribution in [0.15, 0.2) is 47.4 Å². The van der Waals surface area contributed by atoms with Crippen molar-refractivity contribution in [2.45, 2.75) is 13.5 Å². The number of hydrogen-bond donors (Lipinski definition) is 0. The van der Waals surface area contributed by atoms with Crippen LogP contribution in [0.2, 0.25) is 0 Å². The number of hydrogen-bond acceptors (Lipinski definition) is 5. The van der Waals surface area contributed by atoms with Crippen LogP contribution in [0.1, 0.15) is 5.56 Å². The Labute approximate surface area is 130 Å². The fourth-order valence-corrected chi connectivity index (χ4v) is 2.21. The second-order valence-corrected chi connectivity index (χ2v) is 4.99. The molecule has 0 amide bonds. The van der Waals surface area contributed by atoms with E-state index in [1.54, 1.807) is 37.4 Å². The molecular weight excluding hydrogens is 300 g/mol. The third-order valence-corrected chi connectivity index (χ3v) is 3.43. The molecule has 0 fully saturated rings. The van der Waals surface area contributed by atoms with Gasteiger partial charge in [-0.05, 0) is 30.7 Å². The lowest BCUT2D eigenvalue weighted by Gasteiger charge is -2.08. The van der Waals surface area contributed by atoms with Crippen LogP contribution in [0, 0.1) is 17.0 Å². The van der Waals surface area contributed by atoms with Crippen molar-refractivity contribution in [3.63, 3.8) is 0 Å². The normalized spacial score (nSPS) is 10.8. The van der Waals surface area contributed by atoms with E-state index in [4.69, 9.17) is 4.74 Å². The molecule has 23 heavy (non-hydrogen) atoms. The Kier molecular flexibility index (Phi) is 3.80. The maximum absolute atomic E-state index is 12.1. The minimum absolute atomic E-state index is 0.0319. The van der Waals surface area contributed by atoms with Crippen LogP contribution in [0.25, 0.3) is 5.65 Å². The van der Waals surface area contributed by atoms with Gasteiger partial charge in [-0.1, -0.05) is 6.07 Å². The first kappa shape index (κ1) is 14.8. The predicted octanol–water partition coefficient (Wildman–Crippen LogP) is 1.79.